The maximum Gasteiger partial charge on any atom is 0.322 e. The Kier molecular flexibility index (Phi) is 10.2. The van der Waals surface area contributed by atoms with Crippen molar-refractivity contribution < 1.29 is 19.8 Å². The largest absolute Gasteiger partial charge is 0.480 e. The van der Waals surface area contributed by atoms with Crippen LogP contribution in [0.2, 0.25) is 0 Å². The molecule has 0 saturated heterocycles. The van der Waals surface area contributed by atoms with Crippen molar-refractivity contribution in [1.29, 1.82) is 0 Å². The number of amides is 1. The maximum atomic E-state index is 10.1. The number of hydrogen-bond acceptors (Lipinski definition) is 3. The first-order valence-electron chi connectivity index (χ1n) is 3.26. The van der Waals surface area contributed by atoms with E-state index >= 15 is 0 Å². The lowest BCUT2D eigenvalue weighted by atomic mass is 10.6. The zero-order valence-electron chi connectivity index (χ0n) is 6.63. The van der Waals surface area contributed by atoms with Crippen molar-refractivity contribution in [2.24, 2.45) is 0 Å². The fourth-order valence-corrected chi connectivity index (χ4v) is 0.230. The second-order valence-corrected chi connectivity index (χ2v) is 1.33. The third kappa shape index (κ3) is 12.2. The normalized spacial score (nSPS) is 7.55. The number of nitrogens with one attached hydrogen (secondary N) is 1. The monoisotopic (exact) mass is 163 g/mol. The summed E-state index contributed by atoms with van der Waals surface area (Å²) in [6, 6.07) is 0. The van der Waals surface area contributed by atoms with Gasteiger partial charge in [-0.1, -0.05) is 13.8 Å². The first-order valence-corrected chi connectivity index (χ1v) is 3.26. The van der Waals surface area contributed by atoms with Crippen LogP contribution in [0.25, 0.3) is 0 Å². The summed E-state index contributed by atoms with van der Waals surface area (Å²) >= 11 is 0. The molecule has 0 rings (SSSR count). The number of carboxylic acids is 1. The van der Waals surface area contributed by atoms with Gasteiger partial charge in [0.15, 0.2) is 0 Å². The molecule has 3 N–H and O–H groups in total. The van der Waals surface area contributed by atoms with Gasteiger partial charge in [-0.3, -0.25) is 9.59 Å². The SMILES string of the molecule is CC.O=C(O)CNC(=O)CO. The lowest BCUT2D eigenvalue weighted by Gasteiger charge is -1.95. The van der Waals surface area contributed by atoms with Crippen molar-refractivity contribution in [2.45, 2.75) is 13.8 Å². The summed E-state index contributed by atoms with van der Waals surface area (Å²) in [7, 11) is 0. The van der Waals surface area contributed by atoms with Gasteiger partial charge in [-0.15, -0.1) is 0 Å². The number of carboxylic acid groups (broad SMARTS) is 1. The van der Waals surface area contributed by atoms with Crippen LogP contribution in [0, 0.1) is 0 Å². The molecule has 0 saturated carbocycles. The van der Waals surface area contributed by atoms with E-state index in [9.17, 15) is 9.59 Å². The van der Waals surface area contributed by atoms with Crippen LogP contribution >= 0.6 is 0 Å². The molecule has 0 fully saturated rings. The van der Waals surface area contributed by atoms with E-state index in [1.54, 1.807) is 0 Å². The molecule has 0 aromatic heterocycles. The fraction of sp³-hybridized carbons (Fsp3) is 0.667. The topological polar surface area (TPSA) is 86.6 Å². The van der Waals surface area contributed by atoms with E-state index in [-0.39, 0.29) is 0 Å². The minimum atomic E-state index is -1.13. The molecular weight excluding hydrogens is 150 g/mol. The van der Waals surface area contributed by atoms with Crippen molar-refractivity contribution in [2.75, 3.05) is 13.2 Å². The molecular formula is C6H13NO4. The van der Waals surface area contributed by atoms with Crippen LogP contribution in [-0.2, 0) is 9.59 Å². The van der Waals surface area contributed by atoms with Gasteiger partial charge in [-0.25, -0.2) is 0 Å². The van der Waals surface area contributed by atoms with Crippen LogP contribution in [0.4, 0.5) is 0 Å². The number of aliphatic hydroxyl groups excluding tert-OH is 1. The van der Waals surface area contributed by atoms with Crippen molar-refractivity contribution in [3.05, 3.63) is 0 Å². The first-order chi connectivity index (χ1) is 5.16. The molecule has 0 aliphatic carbocycles. The Morgan fingerprint density at radius 3 is 2.09 bits per heavy atom. The van der Waals surface area contributed by atoms with E-state index in [1.807, 2.05) is 19.2 Å². The summed E-state index contributed by atoms with van der Waals surface area (Å²) in [5, 5.41) is 17.9. The zero-order chi connectivity index (χ0) is 9.28. The van der Waals surface area contributed by atoms with E-state index in [4.69, 9.17) is 10.2 Å². The lowest BCUT2D eigenvalue weighted by Crippen LogP contribution is -2.31. The van der Waals surface area contributed by atoms with Gasteiger partial charge in [0.2, 0.25) is 5.91 Å². The standard InChI is InChI=1S/C4H7NO4.C2H6/c6-2-3(7)5-1-4(8)9;1-2/h6H,1-2H2,(H,5,7)(H,8,9);1-2H3. The minimum absolute atomic E-state index is 0.445. The van der Waals surface area contributed by atoms with Gasteiger partial charge in [0.25, 0.3) is 0 Å². The quantitative estimate of drug-likeness (QED) is 0.508. The summed E-state index contributed by atoms with van der Waals surface area (Å²) in [4.78, 5) is 19.8. The van der Waals surface area contributed by atoms with Crippen LogP contribution in [0.1, 0.15) is 13.8 Å². The smallest absolute Gasteiger partial charge is 0.322 e. The van der Waals surface area contributed by atoms with E-state index in [0.29, 0.717) is 0 Å². The van der Waals surface area contributed by atoms with E-state index in [1.165, 1.54) is 0 Å². The molecule has 0 aliphatic heterocycles. The third-order valence-corrected chi connectivity index (χ3v) is 0.580. The fourth-order valence-electron chi connectivity index (χ4n) is 0.230. The Hall–Kier alpha value is -1.10. The maximum absolute atomic E-state index is 10.1. The Morgan fingerprint density at radius 1 is 1.36 bits per heavy atom. The molecule has 0 atom stereocenters. The second-order valence-electron chi connectivity index (χ2n) is 1.33. The van der Waals surface area contributed by atoms with Gasteiger partial charge in [0.05, 0.1) is 0 Å². The van der Waals surface area contributed by atoms with E-state index < -0.39 is 25.0 Å². The predicted octanol–water partition coefficient (Wildman–Crippen LogP) is -0.794. The van der Waals surface area contributed by atoms with Gasteiger partial charge in [0, 0.05) is 0 Å². The summed E-state index contributed by atoms with van der Waals surface area (Å²) in [5.41, 5.74) is 0. The molecule has 5 nitrogen and oxygen atoms in total. The zero-order valence-corrected chi connectivity index (χ0v) is 6.63. The van der Waals surface area contributed by atoms with Crippen LogP contribution in [-0.4, -0.2) is 35.2 Å². The average Bonchev–Trinajstić information content (AvgIpc) is 2.04. The van der Waals surface area contributed by atoms with Crippen LogP contribution < -0.4 is 5.32 Å². The third-order valence-electron chi connectivity index (χ3n) is 0.580. The molecule has 5 heteroatoms. The molecule has 0 radical (unpaired) electrons. The summed E-state index contributed by atoms with van der Waals surface area (Å²) in [6.45, 7) is 2.88. The highest BCUT2D eigenvalue weighted by Gasteiger charge is 1.99. The second kappa shape index (κ2) is 8.90. The highest BCUT2D eigenvalue weighted by molar-refractivity contribution is 5.81. The molecule has 0 spiro atoms. The van der Waals surface area contributed by atoms with Gasteiger partial charge < -0.3 is 15.5 Å². The van der Waals surface area contributed by atoms with Crippen molar-refractivity contribution in [3.8, 4) is 0 Å². The van der Waals surface area contributed by atoms with Gasteiger partial charge in [-0.2, -0.15) is 0 Å². The molecule has 66 valence electrons. The number of rotatable bonds is 3. The number of aliphatic hydroxyl groups is 1. The average molecular weight is 163 g/mol. The van der Waals surface area contributed by atoms with Gasteiger partial charge in [-0.05, 0) is 0 Å². The van der Waals surface area contributed by atoms with Crippen molar-refractivity contribution in [1.82, 2.24) is 5.32 Å². The Balaban J connectivity index is 0. The Bertz CT molecular complexity index is 124. The van der Waals surface area contributed by atoms with E-state index in [2.05, 4.69) is 0 Å². The molecule has 0 unspecified atom stereocenters. The van der Waals surface area contributed by atoms with Gasteiger partial charge >= 0.3 is 5.97 Å². The first kappa shape index (κ1) is 12.6. The van der Waals surface area contributed by atoms with E-state index in [0.717, 1.165) is 0 Å². The Labute approximate surface area is 65.0 Å². The van der Waals surface area contributed by atoms with Crippen LogP contribution in [0.3, 0.4) is 0 Å². The van der Waals surface area contributed by atoms with Crippen molar-refractivity contribution >= 4 is 11.9 Å². The molecule has 1 amide bonds. The summed E-state index contributed by atoms with van der Waals surface area (Å²) in [6.07, 6.45) is 0. The van der Waals surface area contributed by atoms with Crippen LogP contribution in [0.5, 0.6) is 0 Å². The van der Waals surface area contributed by atoms with Crippen LogP contribution in [0.15, 0.2) is 0 Å². The molecule has 11 heavy (non-hydrogen) atoms. The number of hydrogen-bond donors (Lipinski definition) is 3. The van der Waals surface area contributed by atoms with Crippen molar-refractivity contribution in [3.63, 3.8) is 0 Å². The predicted molar refractivity (Wildman–Crippen MR) is 39.1 cm³/mol. The lowest BCUT2D eigenvalue weighted by molar-refractivity contribution is -0.138. The summed E-state index contributed by atoms with van der Waals surface area (Å²) < 4.78 is 0. The molecule has 0 heterocycles. The highest BCUT2D eigenvalue weighted by atomic mass is 16.4. The summed E-state index contributed by atoms with van der Waals surface area (Å²) in [5.74, 6) is -1.81. The number of aliphatic carboxylic acids is 1. The molecule has 0 aromatic rings. The van der Waals surface area contributed by atoms with Gasteiger partial charge in [0.1, 0.15) is 13.2 Å². The Morgan fingerprint density at radius 2 is 1.82 bits per heavy atom. The molecule has 0 aliphatic rings. The number of carbonyl (C=O) groups is 2. The molecule has 0 aromatic carbocycles. The highest BCUT2D eigenvalue weighted by Crippen LogP contribution is 1.62. The molecule has 0 bridgehead atoms. The minimum Gasteiger partial charge on any atom is -0.480 e. The number of carbonyl (C=O) groups excluding carboxylic acids is 1.